The smallest absolute Gasteiger partial charge is 0.270 e. The number of aliphatic hydroxyl groups is 1. The summed E-state index contributed by atoms with van der Waals surface area (Å²) in [5.41, 5.74) is 1.68. The number of hydrogen-bond donors (Lipinski definition) is 2. The number of rotatable bonds is 3. The lowest BCUT2D eigenvalue weighted by Crippen LogP contribution is -2.52. The van der Waals surface area contributed by atoms with Crippen molar-refractivity contribution >= 4 is 16.8 Å². The van der Waals surface area contributed by atoms with Crippen molar-refractivity contribution in [2.45, 2.75) is 31.9 Å². The number of nitrogens with one attached hydrogen (secondary N) is 1. The highest BCUT2D eigenvalue weighted by Gasteiger charge is 2.36. The lowest BCUT2D eigenvalue weighted by Gasteiger charge is -2.38. The van der Waals surface area contributed by atoms with E-state index in [4.69, 9.17) is 0 Å². The van der Waals surface area contributed by atoms with Crippen LogP contribution in [0.1, 0.15) is 28.9 Å². The Morgan fingerprint density at radius 2 is 2.28 bits per heavy atom. The zero-order valence-electron chi connectivity index (χ0n) is 14.1. The first kappa shape index (κ1) is 15.8. The predicted molar refractivity (Wildman–Crippen MR) is 93.1 cm³/mol. The monoisotopic (exact) mass is 339 g/mol. The van der Waals surface area contributed by atoms with Crippen LogP contribution in [0.25, 0.3) is 10.9 Å². The summed E-state index contributed by atoms with van der Waals surface area (Å²) in [6.07, 6.45) is 4.71. The second-order valence-corrected chi connectivity index (χ2v) is 6.93. The number of hydrogen-bond acceptors (Lipinski definition) is 4. The van der Waals surface area contributed by atoms with Gasteiger partial charge in [-0.05, 0) is 37.5 Å². The number of H-pyrrole nitrogens is 1. The van der Waals surface area contributed by atoms with E-state index in [0.29, 0.717) is 31.7 Å². The molecule has 0 bridgehead atoms. The van der Waals surface area contributed by atoms with Crippen molar-refractivity contribution in [3.05, 3.63) is 47.9 Å². The zero-order chi connectivity index (χ0) is 17.4. The molecule has 0 aliphatic carbocycles. The second-order valence-electron chi connectivity index (χ2n) is 6.93. The molecule has 1 amide bonds. The number of aromatic amines is 1. The fourth-order valence-electron chi connectivity index (χ4n) is 3.56. The molecule has 1 fully saturated rings. The first-order valence-corrected chi connectivity index (χ1v) is 8.48. The molecular formula is C18H21N5O2. The molecule has 1 unspecified atom stereocenters. The van der Waals surface area contributed by atoms with E-state index in [1.165, 1.54) is 0 Å². The van der Waals surface area contributed by atoms with E-state index in [1.807, 2.05) is 31.2 Å². The normalized spacial score (nSPS) is 21.0. The third-order valence-corrected chi connectivity index (χ3v) is 4.78. The second kappa shape index (κ2) is 6.00. The number of amides is 1. The zero-order valence-corrected chi connectivity index (χ0v) is 14.1. The molecule has 0 spiro atoms. The van der Waals surface area contributed by atoms with E-state index in [1.54, 1.807) is 22.0 Å². The van der Waals surface area contributed by atoms with Crippen molar-refractivity contribution in [3.8, 4) is 0 Å². The first-order chi connectivity index (χ1) is 12.0. The third kappa shape index (κ3) is 3.15. The summed E-state index contributed by atoms with van der Waals surface area (Å²) >= 11 is 0. The van der Waals surface area contributed by atoms with Crippen molar-refractivity contribution < 1.29 is 9.90 Å². The van der Waals surface area contributed by atoms with E-state index in [-0.39, 0.29) is 5.91 Å². The molecule has 7 nitrogen and oxygen atoms in total. The lowest BCUT2D eigenvalue weighted by molar-refractivity contribution is -0.0388. The van der Waals surface area contributed by atoms with Gasteiger partial charge in [0.2, 0.25) is 0 Å². The molecule has 130 valence electrons. The van der Waals surface area contributed by atoms with Crippen LogP contribution < -0.4 is 0 Å². The van der Waals surface area contributed by atoms with E-state index in [9.17, 15) is 9.90 Å². The number of benzene rings is 1. The number of fused-ring (bicyclic) bond motifs is 1. The van der Waals surface area contributed by atoms with Gasteiger partial charge in [0.15, 0.2) is 0 Å². The van der Waals surface area contributed by atoms with Crippen LogP contribution in [0.4, 0.5) is 0 Å². The van der Waals surface area contributed by atoms with Gasteiger partial charge in [0.25, 0.3) is 5.91 Å². The number of carbonyl (C=O) groups excluding carboxylic acids is 1. The number of likely N-dealkylation sites (tertiary alicyclic amines) is 1. The Balaban J connectivity index is 1.54. The van der Waals surface area contributed by atoms with Gasteiger partial charge >= 0.3 is 0 Å². The van der Waals surface area contributed by atoms with Crippen LogP contribution in [0, 0.1) is 6.92 Å². The van der Waals surface area contributed by atoms with Crippen molar-refractivity contribution in [2.24, 2.45) is 0 Å². The Bertz CT molecular complexity index is 901. The van der Waals surface area contributed by atoms with E-state index in [2.05, 4.69) is 15.3 Å². The van der Waals surface area contributed by atoms with E-state index < -0.39 is 5.60 Å². The maximum Gasteiger partial charge on any atom is 0.270 e. The number of carbonyl (C=O) groups is 1. The van der Waals surface area contributed by atoms with Crippen LogP contribution in [0.2, 0.25) is 0 Å². The summed E-state index contributed by atoms with van der Waals surface area (Å²) in [4.78, 5) is 17.8. The highest BCUT2D eigenvalue weighted by atomic mass is 16.3. The molecule has 1 saturated heterocycles. The minimum atomic E-state index is -0.982. The minimum Gasteiger partial charge on any atom is -0.386 e. The molecule has 0 radical (unpaired) electrons. The van der Waals surface area contributed by atoms with Crippen molar-refractivity contribution in [3.63, 3.8) is 0 Å². The number of aromatic nitrogens is 4. The average Bonchev–Trinajstić information content (AvgIpc) is 3.22. The van der Waals surface area contributed by atoms with Crippen molar-refractivity contribution in [1.29, 1.82) is 0 Å². The summed E-state index contributed by atoms with van der Waals surface area (Å²) < 4.78 is 1.61. The van der Waals surface area contributed by atoms with Gasteiger partial charge in [0.1, 0.15) is 11.3 Å². The van der Waals surface area contributed by atoms with Crippen LogP contribution in [-0.2, 0) is 6.54 Å². The van der Waals surface area contributed by atoms with Gasteiger partial charge in [-0.25, -0.2) is 4.68 Å². The number of nitrogens with zero attached hydrogens (tertiary/aromatic N) is 4. The van der Waals surface area contributed by atoms with Crippen molar-refractivity contribution in [2.75, 3.05) is 13.1 Å². The highest BCUT2D eigenvalue weighted by Crippen LogP contribution is 2.25. The largest absolute Gasteiger partial charge is 0.386 e. The Kier molecular flexibility index (Phi) is 3.80. The molecule has 2 aromatic heterocycles. The van der Waals surface area contributed by atoms with Crippen molar-refractivity contribution in [1.82, 2.24) is 24.9 Å². The van der Waals surface area contributed by atoms with Crippen LogP contribution in [-0.4, -0.2) is 54.6 Å². The van der Waals surface area contributed by atoms with Gasteiger partial charge in [-0.15, -0.1) is 5.10 Å². The Morgan fingerprint density at radius 3 is 3.08 bits per heavy atom. The van der Waals surface area contributed by atoms with Crippen LogP contribution in [0.5, 0.6) is 0 Å². The summed E-state index contributed by atoms with van der Waals surface area (Å²) in [6.45, 7) is 3.30. The molecule has 4 rings (SSSR count). The fourth-order valence-corrected chi connectivity index (χ4v) is 3.56. The molecule has 1 aromatic carbocycles. The maximum atomic E-state index is 12.9. The Labute approximate surface area is 145 Å². The average molecular weight is 339 g/mol. The molecule has 1 aliphatic rings. The van der Waals surface area contributed by atoms with E-state index in [0.717, 1.165) is 22.9 Å². The Hall–Kier alpha value is -2.67. The lowest BCUT2D eigenvalue weighted by atomic mass is 9.92. The number of aryl methyl sites for hydroxylation is 1. The van der Waals surface area contributed by atoms with Gasteiger partial charge in [-0.3, -0.25) is 4.79 Å². The summed E-state index contributed by atoms with van der Waals surface area (Å²) in [5, 5.41) is 19.6. The fraction of sp³-hybridized carbons (Fsp3) is 0.389. The molecule has 3 heterocycles. The van der Waals surface area contributed by atoms with Crippen LogP contribution in [0.3, 0.4) is 0 Å². The number of piperidine rings is 1. The predicted octanol–water partition coefficient (Wildman–Crippen LogP) is 1.74. The van der Waals surface area contributed by atoms with Crippen LogP contribution >= 0.6 is 0 Å². The molecule has 25 heavy (non-hydrogen) atoms. The summed E-state index contributed by atoms with van der Waals surface area (Å²) in [6, 6.07) is 7.95. The first-order valence-electron chi connectivity index (χ1n) is 8.48. The third-order valence-electron chi connectivity index (χ3n) is 4.78. The molecule has 0 saturated carbocycles. The Morgan fingerprint density at radius 1 is 1.40 bits per heavy atom. The number of β-amino-alcohol motifs (C(OH)–C–C–N with tert-alkyl or cyclic N) is 1. The summed E-state index contributed by atoms with van der Waals surface area (Å²) in [5.74, 6) is -0.0782. The van der Waals surface area contributed by atoms with Gasteiger partial charge < -0.3 is 15.0 Å². The highest BCUT2D eigenvalue weighted by molar-refractivity contribution is 5.98. The molecular weight excluding hydrogens is 318 g/mol. The van der Waals surface area contributed by atoms with Gasteiger partial charge in [-0.2, -0.15) is 0 Å². The SMILES string of the molecule is Cc1ccc2cc(C(=O)N3CCCC(O)(Cn4ccnn4)C3)[nH]c2c1. The molecule has 1 aliphatic heterocycles. The molecule has 3 aromatic rings. The van der Waals surface area contributed by atoms with Gasteiger partial charge in [-0.1, -0.05) is 17.3 Å². The van der Waals surface area contributed by atoms with Gasteiger partial charge in [0.05, 0.1) is 19.3 Å². The standard InChI is InChI=1S/C18H21N5O2/c1-13-3-4-14-10-16(20-15(14)9-13)17(24)22-7-2-5-18(25,11-22)12-23-8-6-19-21-23/h3-4,6,8-10,20,25H,2,5,7,11-12H2,1H3. The minimum absolute atomic E-state index is 0.0782. The molecule has 1 atom stereocenters. The maximum absolute atomic E-state index is 12.9. The van der Waals surface area contributed by atoms with Gasteiger partial charge in [0, 0.05) is 23.6 Å². The summed E-state index contributed by atoms with van der Waals surface area (Å²) in [7, 11) is 0. The molecule has 7 heteroatoms. The quantitative estimate of drug-likeness (QED) is 0.761. The topological polar surface area (TPSA) is 87.0 Å². The van der Waals surface area contributed by atoms with Crippen LogP contribution in [0.15, 0.2) is 36.7 Å². The molecule has 2 N–H and O–H groups in total. The van der Waals surface area contributed by atoms with E-state index >= 15 is 0 Å².